The topological polar surface area (TPSA) is 35.5 Å². The number of esters is 1. The molecule has 1 saturated carbocycles. The zero-order valence-corrected chi connectivity index (χ0v) is 13.9. The molecule has 0 heterocycles. The Morgan fingerprint density at radius 3 is 2.47 bits per heavy atom. The molecule has 0 amide bonds. The van der Waals surface area contributed by atoms with Crippen LogP contribution in [0.15, 0.2) is 12.2 Å². The van der Waals surface area contributed by atoms with E-state index in [1.54, 1.807) is 7.11 Å². The first kappa shape index (κ1) is 16.4. The predicted octanol–water partition coefficient (Wildman–Crippen LogP) is 3.49. The van der Waals surface area contributed by atoms with E-state index in [1.807, 2.05) is 0 Å². The Hall–Kier alpha value is -0.613. The van der Waals surface area contributed by atoms with Gasteiger partial charge in [-0.15, -0.1) is 0 Å². The zero-order valence-electron chi connectivity index (χ0n) is 12.9. The Morgan fingerprint density at radius 2 is 1.95 bits per heavy atom. The number of ether oxygens (including phenoxy) is 2. The van der Waals surface area contributed by atoms with Crippen molar-refractivity contribution < 1.29 is 14.3 Å². The SMILES string of the molecule is COC(=O)C[C@H]1[C@H](/C=C/C[Si](C)(C)C)CC[C@H]1OC. The first-order valence-electron chi connectivity index (χ1n) is 7.13. The summed E-state index contributed by atoms with van der Waals surface area (Å²) in [6, 6.07) is 1.20. The smallest absolute Gasteiger partial charge is 0.305 e. The van der Waals surface area contributed by atoms with Crippen LogP contribution in [0.4, 0.5) is 0 Å². The summed E-state index contributed by atoms with van der Waals surface area (Å²) in [5, 5.41) is 0. The van der Waals surface area contributed by atoms with E-state index < -0.39 is 8.07 Å². The summed E-state index contributed by atoms with van der Waals surface area (Å²) in [5.41, 5.74) is 0. The lowest BCUT2D eigenvalue weighted by Crippen LogP contribution is -2.24. The molecule has 0 aromatic carbocycles. The predicted molar refractivity (Wildman–Crippen MR) is 80.9 cm³/mol. The van der Waals surface area contributed by atoms with Gasteiger partial charge in [0.05, 0.1) is 19.6 Å². The van der Waals surface area contributed by atoms with Gasteiger partial charge >= 0.3 is 5.97 Å². The standard InChI is InChI=1S/C15H28O3Si/c1-17-14-9-8-12(7-6-10-19(3,4)5)13(14)11-15(16)18-2/h6-7,12-14H,8-11H2,1-5H3/b7-6+/t12-,13+,14-/m1/s1. The van der Waals surface area contributed by atoms with Gasteiger partial charge in [0.2, 0.25) is 0 Å². The Balaban J connectivity index is 2.62. The highest BCUT2D eigenvalue weighted by Gasteiger charge is 2.36. The Labute approximate surface area is 118 Å². The van der Waals surface area contributed by atoms with E-state index in [1.165, 1.54) is 13.2 Å². The average molecular weight is 284 g/mol. The maximum absolute atomic E-state index is 11.5. The van der Waals surface area contributed by atoms with E-state index in [0.29, 0.717) is 12.3 Å². The lowest BCUT2D eigenvalue weighted by atomic mass is 9.91. The van der Waals surface area contributed by atoms with Crippen LogP contribution in [0.25, 0.3) is 0 Å². The molecule has 0 aliphatic heterocycles. The van der Waals surface area contributed by atoms with Gasteiger partial charge < -0.3 is 9.47 Å². The molecule has 0 aromatic heterocycles. The molecule has 1 fully saturated rings. The number of carbonyl (C=O) groups is 1. The summed E-state index contributed by atoms with van der Waals surface area (Å²) in [5.74, 6) is 0.605. The Bertz CT molecular complexity index is 320. The normalized spacial score (nSPS) is 27.9. The van der Waals surface area contributed by atoms with Crippen LogP contribution in [0.2, 0.25) is 25.7 Å². The van der Waals surface area contributed by atoms with Gasteiger partial charge in [-0.1, -0.05) is 31.8 Å². The third-order valence-electron chi connectivity index (χ3n) is 3.86. The van der Waals surface area contributed by atoms with Gasteiger partial charge in [0.1, 0.15) is 0 Å². The fourth-order valence-corrected chi connectivity index (χ4v) is 3.59. The summed E-state index contributed by atoms with van der Waals surface area (Å²) in [6.07, 6.45) is 7.45. The van der Waals surface area contributed by atoms with Crippen LogP contribution < -0.4 is 0 Å². The molecule has 0 spiro atoms. The van der Waals surface area contributed by atoms with Gasteiger partial charge in [0.25, 0.3) is 0 Å². The van der Waals surface area contributed by atoms with Crippen LogP contribution >= 0.6 is 0 Å². The lowest BCUT2D eigenvalue weighted by molar-refractivity contribution is -0.143. The molecular formula is C15H28O3Si. The van der Waals surface area contributed by atoms with E-state index in [4.69, 9.17) is 9.47 Å². The Kier molecular flexibility index (Phi) is 6.27. The van der Waals surface area contributed by atoms with E-state index in [2.05, 4.69) is 31.8 Å². The van der Waals surface area contributed by atoms with E-state index in [-0.39, 0.29) is 18.0 Å². The van der Waals surface area contributed by atoms with E-state index >= 15 is 0 Å². The van der Waals surface area contributed by atoms with Crippen LogP contribution in [0.3, 0.4) is 0 Å². The minimum Gasteiger partial charge on any atom is -0.469 e. The molecule has 110 valence electrons. The maximum Gasteiger partial charge on any atom is 0.305 e. The van der Waals surface area contributed by atoms with E-state index in [9.17, 15) is 4.79 Å². The van der Waals surface area contributed by atoms with Crippen molar-refractivity contribution in [3.63, 3.8) is 0 Å². The van der Waals surface area contributed by atoms with E-state index in [0.717, 1.165) is 12.8 Å². The van der Waals surface area contributed by atoms with Gasteiger partial charge in [0.15, 0.2) is 0 Å². The highest BCUT2D eigenvalue weighted by Crippen LogP contribution is 2.37. The quantitative estimate of drug-likeness (QED) is 0.425. The maximum atomic E-state index is 11.5. The molecule has 0 aromatic rings. The highest BCUT2D eigenvalue weighted by atomic mass is 28.3. The fraction of sp³-hybridized carbons (Fsp3) is 0.800. The monoisotopic (exact) mass is 284 g/mol. The van der Waals surface area contributed by atoms with Gasteiger partial charge in [-0.25, -0.2) is 0 Å². The molecule has 1 aliphatic carbocycles. The van der Waals surface area contributed by atoms with Gasteiger partial charge in [0, 0.05) is 21.1 Å². The molecule has 0 saturated heterocycles. The molecular weight excluding hydrogens is 256 g/mol. The third-order valence-corrected chi connectivity index (χ3v) is 5.32. The van der Waals surface area contributed by atoms with Crippen molar-refractivity contribution in [2.75, 3.05) is 14.2 Å². The van der Waals surface area contributed by atoms with Crippen LogP contribution in [-0.4, -0.2) is 34.4 Å². The van der Waals surface area contributed by atoms with Gasteiger partial charge in [-0.05, 0) is 24.8 Å². The molecule has 3 nitrogen and oxygen atoms in total. The summed E-state index contributed by atoms with van der Waals surface area (Å²) in [4.78, 5) is 11.5. The molecule has 1 rings (SSSR count). The molecule has 4 heteroatoms. The van der Waals surface area contributed by atoms with Crippen molar-refractivity contribution in [1.82, 2.24) is 0 Å². The minimum atomic E-state index is -1.03. The second kappa shape index (κ2) is 7.24. The third kappa shape index (κ3) is 5.49. The number of rotatable bonds is 6. The van der Waals surface area contributed by atoms with Crippen molar-refractivity contribution in [3.05, 3.63) is 12.2 Å². The second-order valence-electron chi connectivity index (χ2n) is 6.65. The van der Waals surface area contributed by atoms with Crippen molar-refractivity contribution in [1.29, 1.82) is 0 Å². The summed E-state index contributed by atoms with van der Waals surface area (Å²) < 4.78 is 10.3. The number of carbonyl (C=O) groups excluding carboxylic acids is 1. The van der Waals surface area contributed by atoms with Crippen LogP contribution in [0.5, 0.6) is 0 Å². The summed E-state index contributed by atoms with van der Waals surface area (Å²) >= 11 is 0. The van der Waals surface area contributed by atoms with Gasteiger partial charge in [-0.3, -0.25) is 4.79 Å². The number of hydrogen-bond donors (Lipinski definition) is 0. The van der Waals surface area contributed by atoms with Gasteiger partial charge in [-0.2, -0.15) is 0 Å². The molecule has 1 aliphatic rings. The van der Waals surface area contributed by atoms with Crippen LogP contribution in [-0.2, 0) is 14.3 Å². The molecule has 3 atom stereocenters. The second-order valence-corrected chi connectivity index (χ2v) is 12.2. The number of allylic oxidation sites excluding steroid dienone is 2. The molecule has 0 radical (unpaired) electrons. The van der Waals surface area contributed by atoms with Crippen molar-refractivity contribution in [2.24, 2.45) is 11.8 Å². The molecule has 0 N–H and O–H groups in total. The first-order chi connectivity index (χ1) is 8.87. The first-order valence-corrected chi connectivity index (χ1v) is 10.8. The largest absolute Gasteiger partial charge is 0.469 e. The van der Waals surface area contributed by atoms with Crippen molar-refractivity contribution >= 4 is 14.0 Å². The fourth-order valence-electron chi connectivity index (χ4n) is 2.75. The number of hydrogen-bond acceptors (Lipinski definition) is 3. The van der Waals surface area contributed by atoms with Crippen molar-refractivity contribution in [2.45, 2.75) is 51.1 Å². The van der Waals surface area contributed by atoms with Crippen LogP contribution in [0, 0.1) is 11.8 Å². The molecule has 0 bridgehead atoms. The minimum absolute atomic E-state index is 0.127. The highest BCUT2D eigenvalue weighted by molar-refractivity contribution is 6.76. The zero-order chi connectivity index (χ0) is 14.5. The van der Waals surface area contributed by atoms with Crippen molar-refractivity contribution in [3.8, 4) is 0 Å². The molecule has 19 heavy (non-hydrogen) atoms. The average Bonchev–Trinajstić information content (AvgIpc) is 2.70. The number of methoxy groups -OCH3 is 2. The molecule has 0 unspecified atom stereocenters. The summed E-state index contributed by atoms with van der Waals surface area (Å²) in [6.45, 7) is 7.11. The lowest BCUT2D eigenvalue weighted by Gasteiger charge is -2.21. The Morgan fingerprint density at radius 1 is 1.26 bits per heavy atom. The van der Waals surface area contributed by atoms with Crippen LogP contribution in [0.1, 0.15) is 19.3 Å². The summed E-state index contributed by atoms with van der Waals surface area (Å²) in [7, 11) is 2.17.